The predicted octanol–water partition coefficient (Wildman–Crippen LogP) is 2.84. The molecular formula is C15H22N2O. The largest absolute Gasteiger partial charge is 0.398 e. The lowest BCUT2D eigenvalue weighted by molar-refractivity contribution is 0.0573. The number of piperidine rings is 1. The zero-order chi connectivity index (χ0) is 13.3. The van der Waals surface area contributed by atoms with Crippen molar-refractivity contribution in [2.45, 2.75) is 39.7 Å². The molecule has 1 amide bonds. The zero-order valence-corrected chi connectivity index (χ0v) is 11.4. The van der Waals surface area contributed by atoms with Crippen LogP contribution < -0.4 is 5.73 Å². The number of nitrogens with zero attached hydrogens (tertiary/aromatic N) is 1. The number of amides is 1. The first-order valence-electron chi connectivity index (χ1n) is 6.66. The third kappa shape index (κ3) is 2.35. The molecule has 0 aliphatic carbocycles. The maximum Gasteiger partial charge on any atom is 0.254 e. The number of nitrogens with two attached hydrogens (primary N) is 1. The van der Waals surface area contributed by atoms with Crippen molar-refractivity contribution in [2.24, 2.45) is 5.92 Å². The Bertz CT molecular complexity index is 456. The molecule has 1 aromatic carbocycles. The molecule has 0 spiro atoms. The van der Waals surface area contributed by atoms with Gasteiger partial charge in [-0.1, -0.05) is 13.0 Å². The third-order valence-electron chi connectivity index (χ3n) is 3.98. The Morgan fingerprint density at radius 3 is 2.78 bits per heavy atom. The quantitative estimate of drug-likeness (QED) is 0.774. The molecule has 0 radical (unpaired) electrons. The summed E-state index contributed by atoms with van der Waals surface area (Å²) >= 11 is 0. The molecule has 1 aromatic rings. The second-order valence-electron chi connectivity index (χ2n) is 5.51. The fourth-order valence-corrected chi connectivity index (χ4v) is 2.61. The molecule has 2 N–H and O–H groups in total. The molecule has 0 aromatic heterocycles. The summed E-state index contributed by atoms with van der Waals surface area (Å²) in [5, 5.41) is 0. The van der Waals surface area contributed by atoms with Crippen LogP contribution in [0.15, 0.2) is 18.2 Å². The van der Waals surface area contributed by atoms with E-state index in [4.69, 9.17) is 5.73 Å². The van der Waals surface area contributed by atoms with Gasteiger partial charge >= 0.3 is 0 Å². The SMILES string of the molecule is Cc1c(N)cccc1C(=O)N1CC(C)CCC1C. The van der Waals surface area contributed by atoms with Gasteiger partial charge < -0.3 is 10.6 Å². The van der Waals surface area contributed by atoms with E-state index in [-0.39, 0.29) is 5.91 Å². The van der Waals surface area contributed by atoms with E-state index in [1.165, 1.54) is 6.42 Å². The van der Waals surface area contributed by atoms with Gasteiger partial charge in [-0.2, -0.15) is 0 Å². The Kier molecular flexibility index (Phi) is 3.60. The molecule has 2 unspecified atom stereocenters. The number of hydrogen-bond donors (Lipinski definition) is 1. The molecule has 0 bridgehead atoms. The molecule has 1 aliphatic heterocycles. The summed E-state index contributed by atoms with van der Waals surface area (Å²) in [5.41, 5.74) is 8.21. The Hall–Kier alpha value is -1.51. The number of likely N-dealkylation sites (tertiary alicyclic amines) is 1. The van der Waals surface area contributed by atoms with Crippen LogP contribution in [0.4, 0.5) is 5.69 Å². The highest BCUT2D eigenvalue weighted by molar-refractivity contribution is 5.97. The molecule has 2 atom stereocenters. The molecule has 98 valence electrons. The second kappa shape index (κ2) is 5.01. The summed E-state index contributed by atoms with van der Waals surface area (Å²) in [6.07, 6.45) is 2.30. The van der Waals surface area contributed by atoms with Gasteiger partial charge in [-0.3, -0.25) is 4.79 Å². The van der Waals surface area contributed by atoms with E-state index in [9.17, 15) is 4.79 Å². The molecule has 1 fully saturated rings. The van der Waals surface area contributed by atoms with Gasteiger partial charge in [0.1, 0.15) is 0 Å². The van der Waals surface area contributed by atoms with Crippen molar-refractivity contribution in [1.29, 1.82) is 0 Å². The van der Waals surface area contributed by atoms with Crippen LogP contribution in [0.1, 0.15) is 42.6 Å². The van der Waals surface area contributed by atoms with Gasteiger partial charge in [-0.25, -0.2) is 0 Å². The standard InChI is InChI=1S/C15H22N2O/c1-10-7-8-11(2)17(9-10)15(18)13-5-4-6-14(16)12(13)3/h4-6,10-11H,7-9,16H2,1-3H3. The number of carbonyl (C=O) groups excluding carboxylic acids is 1. The molecule has 3 heteroatoms. The fraction of sp³-hybridized carbons (Fsp3) is 0.533. The minimum absolute atomic E-state index is 0.124. The molecule has 0 saturated carbocycles. The van der Waals surface area contributed by atoms with Crippen molar-refractivity contribution >= 4 is 11.6 Å². The number of hydrogen-bond acceptors (Lipinski definition) is 2. The van der Waals surface area contributed by atoms with E-state index in [2.05, 4.69) is 13.8 Å². The van der Waals surface area contributed by atoms with Crippen molar-refractivity contribution in [3.8, 4) is 0 Å². The summed E-state index contributed by atoms with van der Waals surface area (Å²) in [6, 6.07) is 5.90. The first-order valence-corrected chi connectivity index (χ1v) is 6.66. The Labute approximate surface area is 109 Å². The van der Waals surface area contributed by atoms with Gasteiger partial charge in [0, 0.05) is 23.8 Å². The topological polar surface area (TPSA) is 46.3 Å². The maximum absolute atomic E-state index is 12.6. The number of nitrogen functional groups attached to an aromatic ring is 1. The lowest BCUT2D eigenvalue weighted by Crippen LogP contribution is -2.45. The molecule has 3 nitrogen and oxygen atoms in total. The minimum Gasteiger partial charge on any atom is -0.398 e. The monoisotopic (exact) mass is 246 g/mol. The lowest BCUT2D eigenvalue weighted by Gasteiger charge is -2.37. The molecule has 18 heavy (non-hydrogen) atoms. The van der Waals surface area contributed by atoms with E-state index < -0.39 is 0 Å². The second-order valence-corrected chi connectivity index (χ2v) is 5.51. The summed E-state index contributed by atoms with van der Waals surface area (Å²) in [4.78, 5) is 14.6. The maximum atomic E-state index is 12.6. The highest BCUT2D eigenvalue weighted by atomic mass is 16.2. The number of benzene rings is 1. The van der Waals surface area contributed by atoms with E-state index in [0.717, 1.165) is 24.1 Å². The Morgan fingerprint density at radius 2 is 2.06 bits per heavy atom. The van der Waals surface area contributed by atoms with Crippen molar-refractivity contribution < 1.29 is 4.79 Å². The molecule has 2 rings (SSSR count). The normalized spacial score (nSPS) is 24.1. The number of rotatable bonds is 1. The summed E-state index contributed by atoms with van der Waals surface area (Å²) in [6.45, 7) is 7.11. The van der Waals surface area contributed by atoms with Crippen molar-refractivity contribution in [1.82, 2.24) is 4.90 Å². The smallest absolute Gasteiger partial charge is 0.254 e. The first-order chi connectivity index (χ1) is 8.50. The third-order valence-corrected chi connectivity index (χ3v) is 3.98. The predicted molar refractivity (Wildman–Crippen MR) is 74.5 cm³/mol. The van der Waals surface area contributed by atoms with Crippen LogP contribution in [-0.2, 0) is 0 Å². The molecule has 1 saturated heterocycles. The average Bonchev–Trinajstić information content (AvgIpc) is 2.35. The average molecular weight is 246 g/mol. The highest BCUT2D eigenvalue weighted by Gasteiger charge is 2.28. The van der Waals surface area contributed by atoms with E-state index in [1.807, 2.05) is 30.0 Å². The van der Waals surface area contributed by atoms with E-state index >= 15 is 0 Å². The van der Waals surface area contributed by atoms with Crippen molar-refractivity contribution in [2.75, 3.05) is 12.3 Å². The van der Waals surface area contributed by atoms with Crippen LogP contribution in [0.5, 0.6) is 0 Å². The van der Waals surface area contributed by atoms with Gasteiger partial charge in [-0.05, 0) is 50.3 Å². The van der Waals surface area contributed by atoms with Crippen LogP contribution in [0.25, 0.3) is 0 Å². The van der Waals surface area contributed by atoms with Crippen LogP contribution in [0.2, 0.25) is 0 Å². The molecular weight excluding hydrogens is 224 g/mol. The van der Waals surface area contributed by atoms with Gasteiger partial charge in [-0.15, -0.1) is 0 Å². The minimum atomic E-state index is 0.124. The van der Waals surface area contributed by atoms with Crippen LogP contribution in [0, 0.1) is 12.8 Å². The highest BCUT2D eigenvalue weighted by Crippen LogP contribution is 2.25. The Balaban J connectivity index is 2.27. The van der Waals surface area contributed by atoms with E-state index in [0.29, 0.717) is 17.6 Å². The summed E-state index contributed by atoms with van der Waals surface area (Å²) in [7, 11) is 0. The zero-order valence-electron chi connectivity index (χ0n) is 11.4. The van der Waals surface area contributed by atoms with Gasteiger partial charge in [0.2, 0.25) is 0 Å². The molecule has 1 heterocycles. The van der Waals surface area contributed by atoms with Crippen LogP contribution in [-0.4, -0.2) is 23.4 Å². The van der Waals surface area contributed by atoms with E-state index in [1.54, 1.807) is 0 Å². The van der Waals surface area contributed by atoms with Crippen LogP contribution in [0.3, 0.4) is 0 Å². The van der Waals surface area contributed by atoms with Crippen molar-refractivity contribution in [3.63, 3.8) is 0 Å². The van der Waals surface area contributed by atoms with Gasteiger partial charge in [0.15, 0.2) is 0 Å². The summed E-state index contributed by atoms with van der Waals surface area (Å²) in [5.74, 6) is 0.713. The first kappa shape index (κ1) is 12.9. The van der Waals surface area contributed by atoms with Gasteiger partial charge in [0.25, 0.3) is 5.91 Å². The van der Waals surface area contributed by atoms with Crippen molar-refractivity contribution in [3.05, 3.63) is 29.3 Å². The number of carbonyl (C=O) groups is 1. The van der Waals surface area contributed by atoms with Gasteiger partial charge in [0.05, 0.1) is 0 Å². The molecule has 1 aliphatic rings. The fourth-order valence-electron chi connectivity index (χ4n) is 2.61. The Morgan fingerprint density at radius 1 is 1.33 bits per heavy atom. The summed E-state index contributed by atoms with van der Waals surface area (Å²) < 4.78 is 0. The lowest BCUT2D eigenvalue weighted by atomic mass is 9.93. The number of anilines is 1. The van der Waals surface area contributed by atoms with Crippen LogP contribution >= 0.6 is 0 Å².